The summed E-state index contributed by atoms with van der Waals surface area (Å²) in [5.41, 5.74) is 2.38. The molecule has 21 heavy (non-hydrogen) atoms. The normalized spacial score (nSPS) is 18.3. The highest BCUT2D eigenvalue weighted by atomic mass is 32.2. The fraction of sp³-hybridized carbons (Fsp3) is 0.562. The van der Waals surface area contributed by atoms with E-state index >= 15 is 0 Å². The largest absolute Gasteiger partial charge is 0.382 e. The summed E-state index contributed by atoms with van der Waals surface area (Å²) in [5, 5.41) is 0.148. The average Bonchev–Trinajstić information content (AvgIpc) is 2.85. The molecule has 5 heteroatoms. The number of thioether (sulfide) groups is 1. The Bertz CT molecular complexity index is 462. The lowest BCUT2D eigenvalue weighted by atomic mass is 10.1. The standard InChI is InChI=1S/C16H24N2O2S/c1-4-20-11-5-10-18-15(19)12-21-16(18)13-6-8-14(9-7-13)17(2)3/h6-9,16H,4-5,10-12H2,1-3H3. The van der Waals surface area contributed by atoms with Gasteiger partial charge in [-0.15, -0.1) is 11.8 Å². The van der Waals surface area contributed by atoms with Crippen molar-refractivity contribution in [2.45, 2.75) is 18.7 Å². The summed E-state index contributed by atoms with van der Waals surface area (Å²) in [6.45, 7) is 4.22. The van der Waals surface area contributed by atoms with E-state index < -0.39 is 0 Å². The molecule has 2 rings (SSSR count). The molecule has 4 nitrogen and oxygen atoms in total. The maximum atomic E-state index is 12.1. The molecular weight excluding hydrogens is 284 g/mol. The molecule has 1 aliphatic rings. The minimum Gasteiger partial charge on any atom is -0.382 e. The Balaban J connectivity index is 2.01. The van der Waals surface area contributed by atoms with Crippen molar-refractivity contribution in [3.05, 3.63) is 29.8 Å². The first-order valence-corrected chi connectivity index (χ1v) is 8.44. The molecule has 1 unspecified atom stereocenters. The lowest BCUT2D eigenvalue weighted by Gasteiger charge is -2.24. The van der Waals surface area contributed by atoms with Gasteiger partial charge in [-0.1, -0.05) is 12.1 Å². The summed E-state index contributed by atoms with van der Waals surface area (Å²) in [4.78, 5) is 16.1. The number of amides is 1. The van der Waals surface area contributed by atoms with Gasteiger partial charge in [0, 0.05) is 39.5 Å². The minimum atomic E-state index is 0.148. The van der Waals surface area contributed by atoms with Crippen LogP contribution in [0.15, 0.2) is 24.3 Å². The van der Waals surface area contributed by atoms with Crippen molar-refractivity contribution in [3.8, 4) is 0 Å². The number of carbonyl (C=O) groups is 1. The van der Waals surface area contributed by atoms with Crippen molar-refractivity contribution in [2.75, 3.05) is 44.5 Å². The second-order valence-corrected chi connectivity index (χ2v) is 6.36. The van der Waals surface area contributed by atoms with Gasteiger partial charge in [-0.25, -0.2) is 0 Å². The van der Waals surface area contributed by atoms with E-state index in [1.54, 1.807) is 11.8 Å². The Labute approximate surface area is 131 Å². The smallest absolute Gasteiger partial charge is 0.233 e. The summed E-state index contributed by atoms with van der Waals surface area (Å²) in [6, 6.07) is 8.47. The summed E-state index contributed by atoms with van der Waals surface area (Å²) in [6.07, 6.45) is 0.895. The fourth-order valence-corrected chi connectivity index (χ4v) is 3.61. The Morgan fingerprint density at radius 3 is 2.67 bits per heavy atom. The SMILES string of the molecule is CCOCCCN1C(=O)CSC1c1ccc(N(C)C)cc1. The topological polar surface area (TPSA) is 32.8 Å². The predicted molar refractivity (Wildman–Crippen MR) is 88.8 cm³/mol. The quantitative estimate of drug-likeness (QED) is 0.725. The molecule has 1 atom stereocenters. The van der Waals surface area contributed by atoms with Crippen LogP contribution in [0.1, 0.15) is 24.3 Å². The second kappa shape index (κ2) is 7.71. The lowest BCUT2D eigenvalue weighted by Crippen LogP contribution is -2.29. The Kier molecular flexibility index (Phi) is 5.94. The summed E-state index contributed by atoms with van der Waals surface area (Å²) in [5.74, 6) is 0.813. The maximum Gasteiger partial charge on any atom is 0.233 e. The molecule has 1 aromatic carbocycles. The van der Waals surface area contributed by atoms with Crippen LogP contribution >= 0.6 is 11.8 Å². The highest BCUT2D eigenvalue weighted by Gasteiger charge is 2.32. The molecule has 1 amide bonds. The Morgan fingerprint density at radius 1 is 1.33 bits per heavy atom. The van der Waals surface area contributed by atoms with Crippen molar-refractivity contribution in [1.29, 1.82) is 0 Å². The van der Waals surface area contributed by atoms with Crippen molar-refractivity contribution in [3.63, 3.8) is 0 Å². The van der Waals surface area contributed by atoms with Crippen LogP contribution in [0.25, 0.3) is 0 Å². The van der Waals surface area contributed by atoms with Gasteiger partial charge in [-0.2, -0.15) is 0 Å². The van der Waals surface area contributed by atoms with E-state index in [0.717, 1.165) is 26.2 Å². The van der Waals surface area contributed by atoms with Crippen LogP contribution in [0.2, 0.25) is 0 Å². The summed E-state index contributed by atoms with van der Waals surface area (Å²) >= 11 is 1.71. The number of hydrogen-bond acceptors (Lipinski definition) is 4. The minimum absolute atomic E-state index is 0.148. The first-order chi connectivity index (χ1) is 10.1. The van der Waals surface area contributed by atoms with Gasteiger partial charge in [-0.05, 0) is 31.0 Å². The van der Waals surface area contributed by atoms with Gasteiger partial charge in [0.2, 0.25) is 5.91 Å². The van der Waals surface area contributed by atoms with Gasteiger partial charge >= 0.3 is 0 Å². The monoisotopic (exact) mass is 308 g/mol. The van der Waals surface area contributed by atoms with Gasteiger partial charge in [0.15, 0.2) is 0 Å². The Hall–Kier alpha value is -1.20. The van der Waals surface area contributed by atoms with Gasteiger partial charge in [0.1, 0.15) is 5.37 Å². The molecular formula is C16H24N2O2S. The van der Waals surface area contributed by atoms with E-state index in [2.05, 4.69) is 29.2 Å². The molecule has 0 aliphatic carbocycles. The molecule has 0 saturated carbocycles. The molecule has 1 fully saturated rings. The van der Waals surface area contributed by atoms with Crippen LogP contribution in [0.4, 0.5) is 5.69 Å². The van der Waals surface area contributed by atoms with Crippen LogP contribution in [0.5, 0.6) is 0 Å². The number of nitrogens with zero attached hydrogens (tertiary/aromatic N) is 2. The third-order valence-corrected chi connectivity index (χ3v) is 4.81. The highest BCUT2D eigenvalue weighted by molar-refractivity contribution is 8.00. The Morgan fingerprint density at radius 2 is 2.05 bits per heavy atom. The molecule has 1 aliphatic heterocycles. The van der Waals surface area contributed by atoms with Crippen LogP contribution in [0.3, 0.4) is 0 Å². The van der Waals surface area contributed by atoms with Crippen LogP contribution < -0.4 is 4.90 Å². The maximum absolute atomic E-state index is 12.1. The zero-order valence-electron chi connectivity index (χ0n) is 13.0. The average molecular weight is 308 g/mol. The van der Waals surface area contributed by atoms with Crippen molar-refractivity contribution in [1.82, 2.24) is 4.90 Å². The zero-order valence-corrected chi connectivity index (χ0v) is 13.9. The number of carbonyl (C=O) groups excluding carboxylic acids is 1. The number of hydrogen-bond donors (Lipinski definition) is 0. The molecule has 1 heterocycles. The first kappa shape index (κ1) is 16.2. The number of rotatable bonds is 7. The van der Waals surface area contributed by atoms with Gasteiger partial charge in [0.25, 0.3) is 0 Å². The van der Waals surface area contributed by atoms with Gasteiger partial charge in [-0.3, -0.25) is 4.79 Å². The van der Waals surface area contributed by atoms with Crippen LogP contribution in [-0.2, 0) is 9.53 Å². The number of anilines is 1. The van der Waals surface area contributed by atoms with E-state index in [4.69, 9.17) is 4.74 Å². The molecule has 0 radical (unpaired) electrons. The second-order valence-electron chi connectivity index (χ2n) is 5.29. The van der Waals surface area contributed by atoms with Crippen LogP contribution in [0, 0.1) is 0 Å². The van der Waals surface area contributed by atoms with Crippen LogP contribution in [-0.4, -0.2) is 50.4 Å². The zero-order chi connectivity index (χ0) is 15.2. The first-order valence-electron chi connectivity index (χ1n) is 7.39. The van der Waals surface area contributed by atoms with Gasteiger partial charge in [0.05, 0.1) is 5.75 Å². The lowest BCUT2D eigenvalue weighted by molar-refractivity contribution is -0.128. The molecule has 0 aromatic heterocycles. The van der Waals surface area contributed by atoms with E-state index in [-0.39, 0.29) is 11.3 Å². The summed E-state index contributed by atoms with van der Waals surface area (Å²) < 4.78 is 5.36. The third kappa shape index (κ3) is 4.14. The molecule has 0 spiro atoms. The van der Waals surface area contributed by atoms with E-state index in [9.17, 15) is 4.79 Å². The molecule has 0 bridgehead atoms. The predicted octanol–water partition coefficient (Wildman–Crippen LogP) is 2.75. The van der Waals surface area contributed by atoms with E-state index in [0.29, 0.717) is 5.75 Å². The van der Waals surface area contributed by atoms with Crippen molar-refractivity contribution in [2.24, 2.45) is 0 Å². The van der Waals surface area contributed by atoms with Crippen molar-refractivity contribution >= 4 is 23.4 Å². The third-order valence-electron chi connectivity index (χ3n) is 3.55. The molecule has 1 saturated heterocycles. The fourth-order valence-electron chi connectivity index (χ4n) is 2.39. The van der Waals surface area contributed by atoms with E-state index in [1.165, 1.54) is 11.3 Å². The molecule has 116 valence electrons. The van der Waals surface area contributed by atoms with E-state index in [1.807, 2.05) is 25.9 Å². The molecule has 1 aromatic rings. The summed E-state index contributed by atoms with van der Waals surface area (Å²) in [7, 11) is 4.06. The highest BCUT2D eigenvalue weighted by Crippen LogP contribution is 2.38. The van der Waals surface area contributed by atoms with Gasteiger partial charge < -0.3 is 14.5 Å². The molecule has 0 N–H and O–H groups in total. The number of ether oxygens (including phenoxy) is 1. The van der Waals surface area contributed by atoms with Crippen molar-refractivity contribution < 1.29 is 9.53 Å². The number of benzene rings is 1.